The van der Waals surface area contributed by atoms with E-state index in [0.717, 1.165) is 12.3 Å². The molecule has 1 nitrogen and oxygen atoms in total. The van der Waals surface area contributed by atoms with Crippen LogP contribution < -0.4 is 0 Å². The second kappa shape index (κ2) is 5.22. The highest BCUT2D eigenvalue weighted by molar-refractivity contribution is 5.02. The van der Waals surface area contributed by atoms with Gasteiger partial charge in [0.05, 0.1) is 0 Å². The Kier molecular flexibility index (Phi) is 4.18. The Morgan fingerprint density at radius 3 is 2.58 bits per heavy atom. The highest BCUT2D eigenvalue weighted by Crippen LogP contribution is 2.27. The molecular weight excluding hydrogens is 148 g/mol. The lowest BCUT2D eigenvalue weighted by atomic mass is 9.85. The number of aliphatic hydroxyl groups excluding tert-OH is 1. The van der Waals surface area contributed by atoms with Gasteiger partial charge in [-0.2, -0.15) is 0 Å². The van der Waals surface area contributed by atoms with Crippen LogP contribution in [0.1, 0.15) is 45.4 Å². The zero-order valence-corrected chi connectivity index (χ0v) is 7.84. The molecule has 1 saturated carbocycles. The van der Waals surface area contributed by atoms with Gasteiger partial charge in [-0.15, -0.1) is 5.92 Å². The summed E-state index contributed by atoms with van der Waals surface area (Å²) in [6.45, 7) is 1.78. The van der Waals surface area contributed by atoms with Crippen LogP contribution in [0.4, 0.5) is 0 Å². The van der Waals surface area contributed by atoms with Crippen LogP contribution in [0.25, 0.3) is 0 Å². The van der Waals surface area contributed by atoms with Crippen molar-refractivity contribution in [3.8, 4) is 11.8 Å². The molecule has 1 rings (SSSR count). The summed E-state index contributed by atoms with van der Waals surface area (Å²) in [7, 11) is 0. The third-order valence-electron chi connectivity index (χ3n) is 2.59. The van der Waals surface area contributed by atoms with Crippen LogP contribution >= 0.6 is 0 Å². The first-order valence-electron chi connectivity index (χ1n) is 4.93. The maximum Gasteiger partial charge on any atom is 0.115 e. The summed E-state index contributed by atoms with van der Waals surface area (Å²) in [5.74, 6) is 6.29. The summed E-state index contributed by atoms with van der Waals surface area (Å²) in [5.41, 5.74) is 0. The molecule has 1 unspecified atom stereocenters. The second-order valence-electron chi connectivity index (χ2n) is 3.65. The third kappa shape index (κ3) is 3.28. The molecule has 1 atom stereocenters. The monoisotopic (exact) mass is 166 g/mol. The third-order valence-corrected chi connectivity index (χ3v) is 2.59. The number of aliphatic hydroxyl groups is 1. The van der Waals surface area contributed by atoms with Gasteiger partial charge in [0.15, 0.2) is 0 Å². The standard InChI is InChI=1S/C11H18O/c1-2-6-11(12)9-10-7-4-3-5-8-10/h10-12H,3-5,7-9H2,1H3. The number of rotatable bonds is 2. The van der Waals surface area contributed by atoms with E-state index in [4.69, 9.17) is 0 Å². The van der Waals surface area contributed by atoms with E-state index in [0.29, 0.717) is 0 Å². The molecule has 0 aromatic carbocycles. The summed E-state index contributed by atoms with van der Waals surface area (Å²) in [4.78, 5) is 0. The largest absolute Gasteiger partial charge is 0.380 e. The van der Waals surface area contributed by atoms with Crippen LogP contribution in [-0.2, 0) is 0 Å². The molecule has 0 aromatic rings. The van der Waals surface area contributed by atoms with E-state index in [1.165, 1.54) is 32.1 Å². The van der Waals surface area contributed by atoms with E-state index in [2.05, 4.69) is 11.8 Å². The van der Waals surface area contributed by atoms with E-state index < -0.39 is 0 Å². The van der Waals surface area contributed by atoms with Gasteiger partial charge in [-0.1, -0.05) is 38.0 Å². The molecule has 12 heavy (non-hydrogen) atoms. The Morgan fingerprint density at radius 2 is 2.00 bits per heavy atom. The summed E-state index contributed by atoms with van der Waals surface area (Å²) in [5, 5.41) is 9.43. The Hall–Kier alpha value is -0.480. The molecule has 1 fully saturated rings. The van der Waals surface area contributed by atoms with E-state index in [9.17, 15) is 5.11 Å². The Balaban J connectivity index is 2.22. The minimum absolute atomic E-state index is 0.377. The van der Waals surface area contributed by atoms with E-state index >= 15 is 0 Å². The molecule has 0 spiro atoms. The minimum Gasteiger partial charge on any atom is -0.380 e. The molecule has 0 bridgehead atoms. The first-order valence-corrected chi connectivity index (χ1v) is 4.93. The fourth-order valence-corrected chi connectivity index (χ4v) is 1.96. The molecule has 0 aliphatic heterocycles. The Labute approximate surface area is 75.2 Å². The van der Waals surface area contributed by atoms with Gasteiger partial charge in [0.1, 0.15) is 6.10 Å². The van der Waals surface area contributed by atoms with Gasteiger partial charge in [-0.3, -0.25) is 0 Å². The molecule has 0 radical (unpaired) electrons. The predicted molar refractivity (Wildman–Crippen MR) is 50.6 cm³/mol. The van der Waals surface area contributed by atoms with Crippen molar-refractivity contribution in [2.45, 2.75) is 51.6 Å². The molecule has 0 saturated heterocycles. The lowest BCUT2D eigenvalue weighted by molar-refractivity contribution is 0.178. The van der Waals surface area contributed by atoms with Crippen molar-refractivity contribution < 1.29 is 5.11 Å². The number of hydrogen-bond donors (Lipinski definition) is 1. The zero-order chi connectivity index (χ0) is 8.81. The molecule has 0 amide bonds. The van der Waals surface area contributed by atoms with Gasteiger partial charge in [0.25, 0.3) is 0 Å². The van der Waals surface area contributed by atoms with Crippen LogP contribution in [0.15, 0.2) is 0 Å². The van der Waals surface area contributed by atoms with Gasteiger partial charge < -0.3 is 5.11 Å². The average Bonchev–Trinajstić information content (AvgIpc) is 2.06. The fraction of sp³-hybridized carbons (Fsp3) is 0.818. The first-order chi connectivity index (χ1) is 5.83. The maximum absolute atomic E-state index is 9.43. The van der Waals surface area contributed by atoms with Gasteiger partial charge >= 0.3 is 0 Å². The highest BCUT2D eigenvalue weighted by atomic mass is 16.3. The van der Waals surface area contributed by atoms with Gasteiger partial charge in [0, 0.05) is 0 Å². The lowest BCUT2D eigenvalue weighted by Crippen LogP contribution is -2.14. The maximum atomic E-state index is 9.43. The molecule has 1 heteroatoms. The Bertz CT molecular complexity index is 169. The van der Waals surface area contributed by atoms with E-state index in [1.54, 1.807) is 6.92 Å². The van der Waals surface area contributed by atoms with Crippen molar-refractivity contribution >= 4 is 0 Å². The second-order valence-corrected chi connectivity index (χ2v) is 3.65. The molecule has 1 N–H and O–H groups in total. The molecule has 0 heterocycles. The van der Waals surface area contributed by atoms with Crippen molar-refractivity contribution in [1.29, 1.82) is 0 Å². The molecule has 1 aliphatic carbocycles. The molecule has 1 aliphatic rings. The molecule has 68 valence electrons. The van der Waals surface area contributed by atoms with Crippen molar-refractivity contribution in [3.05, 3.63) is 0 Å². The van der Waals surface area contributed by atoms with Crippen molar-refractivity contribution in [3.63, 3.8) is 0 Å². The number of hydrogen-bond acceptors (Lipinski definition) is 1. The van der Waals surface area contributed by atoms with Crippen LogP contribution in [0, 0.1) is 17.8 Å². The zero-order valence-electron chi connectivity index (χ0n) is 7.84. The van der Waals surface area contributed by atoms with Crippen molar-refractivity contribution in [2.24, 2.45) is 5.92 Å². The van der Waals surface area contributed by atoms with Gasteiger partial charge in [0.2, 0.25) is 0 Å². The summed E-state index contributed by atoms with van der Waals surface area (Å²) in [6, 6.07) is 0. The lowest BCUT2D eigenvalue weighted by Gasteiger charge is -2.21. The first kappa shape index (κ1) is 9.61. The van der Waals surface area contributed by atoms with E-state index in [-0.39, 0.29) is 6.10 Å². The van der Waals surface area contributed by atoms with E-state index in [1.807, 2.05) is 0 Å². The van der Waals surface area contributed by atoms with Crippen LogP contribution in [0.5, 0.6) is 0 Å². The predicted octanol–water partition coefficient (Wildman–Crippen LogP) is 2.34. The normalized spacial score (nSPS) is 21.2. The fourth-order valence-electron chi connectivity index (χ4n) is 1.96. The smallest absolute Gasteiger partial charge is 0.115 e. The van der Waals surface area contributed by atoms with Gasteiger partial charge in [-0.05, 0) is 19.3 Å². The Morgan fingerprint density at radius 1 is 1.33 bits per heavy atom. The summed E-state index contributed by atoms with van der Waals surface area (Å²) < 4.78 is 0. The minimum atomic E-state index is -0.377. The quantitative estimate of drug-likeness (QED) is 0.624. The molecular formula is C11H18O. The van der Waals surface area contributed by atoms with Crippen LogP contribution in [-0.4, -0.2) is 11.2 Å². The summed E-state index contributed by atoms with van der Waals surface area (Å²) in [6.07, 6.45) is 7.17. The van der Waals surface area contributed by atoms with Gasteiger partial charge in [-0.25, -0.2) is 0 Å². The summed E-state index contributed by atoms with van der Waals surface area (Å²) >= 11 is 0. The average molecular weight is 166 g/mol. The highest BCUT2D eigenvalue weighted by Gasteiger charge is 2.15. The van der Waals surface area contributed by atoms with Crippen molar-refractivity contribution in [1.82, 2.24) is 0 Å². The SMILES string of the molecule is CC#CC(O)CC1CCCCC1. The van der Waals surface area contributed by atoms with Crippen molar-refractivity contribution in [2.75, 3.05) is 0 Å². The van der Waals surface area contributed by atoms with Crippen LogP contribution in [0.2, 0.25) is 0 Å². The topological polar surface area (TPSA) is 20.2 Å². The van der Waals surface area contributed by atoms with Crippen LogP contribution in [0.3, 0.4) is 0 Å². The molecule has 0 aromatic heterocycles.